The van der Waals surface area contributed by atoms with E-state index in [0.29, 0.717) is 0 Å². The van der Waals surface area contributed by atoms with Gasteiger partial charge in [-0.2, -0.15) is 11.8 Å². The Hall–Kier alpha value is -0.200. The number of rotatable bonds is 5. The lowest BCUT2D eigenvalue weighted by atomic mass is 10.2. The van der Waals surface area contributed by atoms with Gasteiger partial charge in [-0.1, -0.05) is 34.6 Å². The van der Waals surface area contributed by atoms with Crippen molar-refractivity contribution in [3.05, 3.63) is 12.0 Å². The first kappa shape index (κ1) is 16.9. The highest BCUT2D eigenvalue weighted by Crippen LogP contribution is 2.25. The molecule has 1 heterocycles. The van der Waals surface area contributed by atoms with Crippen LogP contribution in [0, 0.1) is 0 Å². The van der Waals surface area contributed by atoms with E-state index < -0.39 is 9.05 Å². The van der Waals surface area contributed by atoms with E-state index in [-0.39, 0.29) is 15.7 Å². The molecule has 0 bridgehead atoms. The van der Waals surface area contributed by atoms with Crippen LogP contribution in [0.4, 0.5) is 0 Å². The summed E-state index contributed by atoms with van der Waals surface area (Å²) in [6.45, 7) is 11.2. The normalized spacial score (nSPS) is 13.2. The van der Waals surface area contributed by atoms with E-state index in [4.69, 9.17) is 10.7 Å². The number of imidazole rings is 1. The van der Waals surface area contributed by atoms with Crippen molar-refractivity contribution in [3.8, 4) is 0 Å². The molecule has 0 aliphatic carbocycles. The van der Waals surface area contributed by atoms with Crippen molar-refractivity contribution in [1.29, 1.82) is 0 Å². The molecule has 0 saturated carbocycles. The lowest BCUT2D eigenvalue weighted by Gasteiger charge is -2.18. The van der Waals surface area contributed by atoms with Gasteiger partial charge in [-0.15, -0.1) is 0 Å². The summed E-state index contributed by atoms with van der Waals surface area (Å²) in [4.78, 5) is 4.13. The zero-order valence-electron chi connectivity index (χ0n) is 12.0. The molecule has 0 aliphatic rings. The Morgan fingerprint density at radius 1 is 1.42 bits per heavy atom. The highest BCUT2D eigenvalue weighted by molar-refractivity contribution is 8.13. The maximum atomic E-state index is 11.3. The Morgan fingerprint density at radius 3 is 2.42 bits per heavy atom. The van der Waals surface area contributed by atoms with Crippen molar-refractivity contribution in [1.82, 2.24) is 9.55 Å². The van der Waals surface area contributed by atoms with Gasteiger partial charge in [-0.3, -0.25) is 0 Å². The van der Waals surface area contributed by atoms with Crippen LogP contribution in [0.2, 0.25) is 0 Å². The third kappa shape index (κ3) is 5.36. The van der Waals surface area contributed by atoms with Crippen LogP contribution in [0.3, 0.4) is 0 Å². The summed E-state index contributed by atoms with van der Waals surface area (Å²) in [5.74, 6) is 1.82. The molecule has 0 N–H and O–H groups in total. The maximum absolute atomic E-state index is 11.3. The van der Waals surface area contributed by atoms with Crippen LogP contribution >= 0.6 is 22.4 Å². The second-order valence-electron chi connectivity index (χ2n) is 5.68. The van der Waals surface area contributed by atoms with Crippen molar-refractivity contribution in [2.45, 2.75) is 56.9 Å². The van der Waals surface area contributed by atoms with Gasteiger partial charge in [0.25, 0.3) is 9.05 Å². The van der Waals surface area contributed by atoms with Gasteiger partial charge in [0.2, 0.25) is 0 Å². The average molecular weight is 325 g/mol. The smallest absolute Gasteiger partial charge is 0.280 e. The fourth-order valence-electron chi connectivity index (χ4n) is 1.61. The number of aryl methyl sites for hydroxylation is 1. The molecule has 0 amide bonds. The van der Waals surface area contributed by atoms with E-state index in [2.05, 4.69) is 25.8 Å². The van der Waals surface area contributed by atoms with Crippen molar-refractivity contribution in [2.75, 3.05) is 5.75 Å². The van der Waals surface area contributed by atoms with E-state index >= 15 is 0 Å². The molecular formula is C12H21ClN2O2S2. The van der Waals surface area contributed by atoms with E-state index in [1.54, 1.807) is 0 Å². The Labute approximate surface area is 124 Å². The molecule has 110 valence electrons. The van der Waals surface area contributed by atoms with Crippen LogP contribution < -0.4 is 0 Å². The highest BCUT2D eigenvalue weighted by Gasteiger charge is 2.19. The monoisotopic (exact) mass is 324 g/mol. The predicted molar refractivity (Wildman–Crippen MR) is 81.6 cm³/mol. The van der Waals surface area contributed by atoms with Crippen molar-refractivity contribution in [2.24, 2.45) is 0 Å². The minimum atomic E-state index is -3.76. The molecule has 0 radical (unpaired) electrons. The first-order valence-corrected chi connectivity index (χ1v) is 9.46. The molecule has 1 aromatic rings. The molecule has 0 spiro atoms. The quantitative estimate of drug-likeness (QED) is 0.778. The topological polar surface area (TPSA) is 52.0 Å². The summed E-state index contributed by atoms with van der Waals surface area (Å²) >= 11 is 1.83. The van der Waals surface area contributed by atoms with Gasteiger partial charge < -0.3 is 4.57 Å². The molecule has 1 rings (SSSR count). The van der Waals surface area contributed by atoms with Gasteiger partial charge in [-0.05, 0) is 0 Å². The zero-order chi connectivity index (χ0) is 14.8. The number of thioether (sulfide) groups is 1. The van der Waals surface area contributed by atoms with Gasteiger partial charge in [0.05, 0.1) is 0 Å². The van der Waals surface area contributed by atoms with E-state index in [9.17, 15) is 8.42 Å². The van der Waals surface area contributed by atoms with Crippen LogP contribution in [-0.2, 0) is 15.6 Å². The summed E-state index contributed by atoms with van der Waals surface area (Å²) < 4.78 is 24.8. The second kappa shape index (κ2) is 6.06. The van der Waals surface area contributed by atoms with Crippen molar-refractivity contribution >= 4 is 31.5 Å². The zero-order valence-corrected chi connectivity index (χ0v) is 14.4. The predicted octanol–water partition coefficient (Wildman–Crippen LogP) is 3.47. The third-order valence-electron chi connectivity index (χ3n) is 2.42. The van der Waals surface area contributed by atoms with Crippen molar-refractivity contribution < 1.29 is 8.42 Å². The molecule has 0 unspecified atom stereocenters. The van der Waals surface area contributed by atoms with Crippen LogP contribution in [0.25, 0.3) is 0 Å². The fraction of sp³-hybridized carbons (Fsp3) is 0.750. The minimum Gasteiger partial charge on any atom is -0.332 e. The van der Waals surface area contributed by atoms with E-state index in [1.807, 2.05) is 30.2 Å². The van der Waals surface area contributed by atoms with Gasteiger partial charge in [0.15, 0.2) is 5.03 Å². The second-order valence-corrected chi connectivity index (χ2v) is 10.1. The molecule has 0 atom stereocenters. The molecule has 0 fully saturated rings. The lowest BCUT2D eigenvalue weighted by Crippen LogP contribution is -2.12. The summed E-state index contributed by atoms with van der Waals surface area (Å²) in [6.07, 6.45) is 1.53. The van der Waals surface area contributed by atoms with Gasteiger partial charge in [0, 0.05) is 39.8 Å². The molecule has 0 aromatic carbocycles. The van der Waals surface area contributed by atoms with E-state index in [0.717, 1.165) is 18.1 Å². The van der Waals surface area contributed by atoms with Crippen LogP contribution in [0.15, 0.2) is 11.2 Å². The maximum Gasteiger partial charge on any atom is 0.280 e. The van der Waals surface area contributed by atoms with Gasteiger partial charge >= 0.3 is 0 Å². The number of nitrogens with zero attached hydrogens (tertiary/aromatic N) is 2. The number of aromatic nitrogens is 2. The third-order valence-corrected chi connectivity index (χ3v) is 4.84. The van der Waals surface area contributed by atoms with Crippen molar-refractivity contribution in [3.63, 3.8) is 0 Å². The summed E-state index contributed by atoms with van der Waals surface area (Å²) in [6, 6.07) is 0. The largest absolute Gasteiger partial charge is 0.332 e. The minimum absolute atomic E-state index is 0.0568. The van der Waals surface area contributed by atoms with E-state index in [1.165, 1.54) is 6.20 Å². The Balaban J connectivity index is 2.90. The van der Waals surface area contributed by atoms with Crippen LogP contribution in [0.5, 0.6) is 0 Å². The SMILES string of the molecule is CC(C)c1nc(S(=O)(=O)Cl)cn1CCSC(C)(C)C. The molecule has 19 heavy (non-hydrogen) atoms. The number of hydrogen-bond acceptors (Lipinski definition) is 4. The first-order chi connectivity index (χ1) is 8.50. The molecule has 1 aromatic heterocycles. The van der Waals surface area contributed by atoms with Gasteiger partial charge in [-0.25, -0.2) is 13.4 Å². The highest BCUT2D eigenvalue weighted by atomic mass is 35.7. The number of halogens is 1. The summed E-state index contributed by atoms with van der Waals surface area (Å²) in [5.41, 5.74) is 0. The molecular weight excluding hydrogens is 304 g/mol. The standard InChI is InChI=1S/C12H21ClN2O2S2/c1-9(2)11-14-10(19(13,16)17)8-15(11)6-7-18-12(3,4)5/h8-9H,6-7H2,1-5H3. The summed E-state index contributed by atoms with van der Waals surface area (Å²) in [5, 5.41) is -0.0568. The first-order valence-electron chi connectivity index (χ1n) is 6.16. The Bertz CT molecular complexity index is 530. The molecule has 0 aliphatic heterocycles. The Kier molecular flexibility index (Phi) is 5.37. The molecule has 7 heteroatoms. The van der Waals surface area contributed by atoms with Crippen LogP contribution in [-0.4, -0.2) is 28.5 Å². The molecule has 4 nitrogen and oxygen atoms in total. The Morgan fingerprint density at radius 2 is 2.00 bits per heavy atom. The summed E-state index contributed by atoms with van der Waals surface area (Å²) in [7, 11) is 1.59. The lowest BCUT2D eigenvalue weighted by molar-refractivity contribution is 0.606. The number of hydrogen-bond donors (Lipinski definition) is 0. The average Bonchev–Trinajstić information content (AvgIpc) is 2.59. The fourth-order valence-corrected chi connectivity index (χ4v) is 3.19. The van der Waals surface area contributed by atoms with Crippen LogP contribution in [0.1, 0.15) is 46.4 Å². The molecule has 0 saturated heterocycles. The van der Waals surface area contributed by atoms with Gasteiger partial charge in [0.1, 0.15) is 5.82 Å².